The summed E-state index contributed by atoms with van der Waals surface area (Å²) >= 11 is 0. The van der Waals surface area contributed by atoms with Crippen molar-refractivity contribution in [3.8, 4) is 0 Å². The number of methoxy groups -OCH3 is 1. The van der Waals surface area contributed by atoms with Crippen LogP contribution >= 0.6 is 0 Å². The third-order valence-corrected chi connectivity index (χ3v) is 4.01. The first-order valence-electron chi connectivity index (χ1n) is 7.19. The molecule has 108 valence electrons. The van der Waals surface area contributed by atoms with Gasteiger partial charge in [0.05, 0.1) is 13.2 Å². The van der Waals surface area contributed by atoms with Crippen molar-refractivity contribution in [3.05, 3.63) is 65.2 Å². The number of hydrogen-bond acceptors (Lipinski definition) is 2. The summed E-state index contributed by atoms with van der Waals surface area (Å²) in [4.78, 5) is 14.3. The highest BCUT2D eigenvalue weighted by atomic mass is 16.5. The Kier molecular flexibility index (Phi) is 3.76. The Bertz CT molecular complexity index is 649. The largest absolute Gasteiger partial charge is 0.384 e. The minimum absolute atomic E-state index is 0.0864. The molecule has 0 saturated carbocycles. The van der Waals surface area contributed by atoms with Crippen LogP contribution in [0.25, 0.3) is 0 Å². The SMILES string of the molecule is COCC(C)c1ccc(N2Cc3ccccc3C2=O)cc1. The lowest BCUT2D eigenvalue weighted by Crippen LogP contribution is -2.22. The molecule has 0 aromatic heterocycles. The number of carbonyl (C=O) groups excluding carboxylic acids is 1. The van der Waals surface area contributed by atoms with E-state index in [1.807, 2.05) is 41.3 Å². The van der Waals surface area contributed by atoms with Crippen LogP contribution in [0.5, 0.6) is 0 Å². The Morgan fingerprint density at radius 3 is 2.52 bits per heavy atom. The lowest BCUT2D eigenvalue weighted by atomic mass is 10.0. The van der Waals surface area contributed by atoms with Gasteiger partial charge in [0.15, 0.2) is 0 Å². The van der Waals surface area contributed by atoms with Crippen LogP contribution < -0.4 is 4.90 Å². The van der Waals surface area contributed by atoms with E-state index in [1.165, 1.54) is 5.56 Å². The maximum Gasteiger partial charge on any atom is 0.258 e. The van der Waals surface area contributed by atoms with Crippen molar-refractivity contribution in [1.29, 1.82) is 0 Å². The van der Waals surface area contributed by atoms with Gasteiger partial charge in [0.25, 0.3) is 5.91 Å². The Balaban J connectivity index is 1.82. The number of carbonyl (C=O) groups is 1. The van der Waals surface area contributed by atoms with Gasteiger partial charge in [-0.25, -0.2) is 0 Å². The Hall–Kier alpha value is -2.13. The Morgan fingerprint density at radius 1 is 1.14 bits per heavy atom. The maximum absolute atomic E-state index is 12.4. The number of fused-ring (bicyclic) bond motifs is 1. The maximum atomic E-state index is 12.4. The lowest BCUT2D eigenvalue weighted by molar-refractivity contribution is 0.0996. The molecule has 3 nitrogen and oxygen atoms in total. The van der Waals surface area contributed by atoms with Gasteiger partial charge in [-0.1, -0.05) is 37.3 Å². The van der Waals surface area contributed by atoms with Crippen molar-refractivity contribution in [3.63, 3.8) is 0 Å². The molecule has 0 fully saturated rings. The van der Waals surface area contributed by atoms with E-state index in [-0.39, 0.29) is 5.91 Å². The third-order valence-electron chi connectivity index (χ3n) is 4.01. The van der Waals surface area contributed by atoms with Gasteiger partial charge in [0, 0.05) is 24.3 Å². The van der Waals surface area contributed by atoms with Gasteiger partial charge in [-0.2, -0.15) is 0 Å². The highest BCUT2D eigenvalue weighted by molar-refractivity contribution is 6.09. The van der Waals surface area contributed by atoms with Gasteiger partial charge >= 0.3 is 0 Å². The van der Waals surface area contributed by atoms with E-state index in [9.17, 15) is 4.79 Å². The zero-order valence-electron chi connectivity index (χ0n) is 12.4. The molecule has 0 N–H and O–H groups in total. The average molecular weight is 281 g/mol. The minimum atomic E-state index is 0.0864. The van der Waals surface area contributed by atoms with Gasteiger partial charge in [-0.05, 0) is 29.3 Å². The fraction of sp³-hybridized carbons (Fsp3) is 0.278. The van der Waals surface area contributed by atoms with Crippen LogP contribution in [0.1, 0.15) is 34.3 Å². The lowest BCUT2D eigenvalue weighted by Gasteiger charge is -2.17. The molecule has 3 heteroatoms. The highest BCUT2D eigenvalue weighted by Gasteiger charge is 2.27. The standard InChI is InChI=1S/C18H19NO2/c1-13(12-21-2)14-7-9-16(10-8-14)19-11-15-5-3-4-6-17(15)18(19)20/h3-10,13H,11-12H2,1-2H3. The van der Waals surface area contributed by atoms with Crippen molar-refractivity contribution < 1.29 is 9.53 Å². The van der Waals surface area contributed by atoms with Crippen LogP contribution in [0.3, 0.4) is 0 Å². The number of nitrogens with zero attached hydrogens (tertiary/aromatic N) is 1. The van der Waals surface area contributed by atoms with Crippen molar-refractivity contribution in [1.82, 2.24) is 0 Å². The van der Waals surface area contributed by atoms with Crippen LogP contribution in [0.2, 0.25) is 0 Å². The highest BCUT2D eigenvalue weighted by Crippen LogP contribution is 2.29. The molecule has 0 bridgehead atoms. The number of ether oxygens (including phenoxy) is 1. The second kappa shape index (κ2) is 5.70. The molecule has 2 aromatic rings. The second-order valence-electron chi connectivity index (χ2n) is 5.50. The number of amides is 1. The summed E-state index contributed by atoms with van der Waals surface area (Å²) in [5.41, 5.74) is 4.09. The molecule has 1 heterocycles. The van der Waals surface area contributed by atoms with Gasteiger partial charge in [0.1, 0.15) is 0 Å². The van der Waals surface area contributed by atoms with Crippen molar-refractivity contribution in [2.75, 3.05) is 18.6 Å². The zero-order chi connectivity index (χ0) is 14.8. The molecule has 1 aliphatic rings. The molecule has 1 amide bonds. The summed E-state index contributed by atoms with van der Waals surface area (Å²) in [5.74, 6) is 0.443. The number of rotatable bonds is 4. The molecule has 1 atom stereocenters. The predicted octanol–water partition coefficient (Wildman–Crippen LogP) is 3.60. The minimum Gasteiger partial charge on any atom is -0.384 e. The summed E-state index contributed by atoms with van der Waals surface area (Å²) in [5, 5.41) is 0. The zero-order valence-corrected chi connectivity index (χ0v) is 12.4. The van der Waals surface area contributed by atoms with E-state index < -0.39 is 0 Å². The first kappa shape index (κ1) is 13.8. The van der Waals surface area contributed by atoms with E-state index in [0.717, 1.165) is 16.8 Å². The molecule has 0 radical (unpaired) electrons. The summed E-state index contributed by atoms with van der Waals surface area (Å²) < 4.78 is 5.18. The number of anilines is 1. The van der Waals surface area contributed by atoms with Crippen LogP contribution in [0.4, 0.5) is 5.69 Å². The smallest absolute Gasteiger partial charge is 0.258 e. The average Bonchev–Trinajstić information content (AvgIpc) is 2.85. The number of benzene rings is 2. The van der Waals surface area contributed by atoms with E-state index in [4.69, 9.17) is 4.74 Å². The fourth-order valence-electron chi connectivity index (χ4n) is 2.79. The Labute approximate surface area is 125 Å². The summed E-state index contributed by atoms with van der Waals surface area (Å²) in [6.07, 6.45) is 0. The van der Waals surface area contributed by atoms with Crippen LogP contribution in [-0.2, 0) is 11.3 Å². The molecule has 0 aliphatic carbocycles. The molecule has 2 aromatic carbocycles. The van der Waals surface area contributed by atoms with Gasteiger partial charge in [0.2, 0.25) is 0 Å². The summed E-state index contributed by atoms with van der Waals surface area (Å²) in [7, 11) is 1.71. The van der Waals surface area contributed by atoms with Crippen LogP contribution in [0, 0.1) is 0 Å². The summed E-state index contributed by atoms with van der Waals surface area (Å²) in [6.45, 7) is 3.49. The molecule has 1 unspecified atom stereocenters. The second-order valence-corrected chi connectivity index (χ2v) is 5.50. The molecule has 1 aliphatic heterocycles. The Morgan fingerprint density at radius 2 is 1.86 bits per heavy atom. The molecule has 3 rings (SSSR count). The molecule has 0 spiro atoms. The first-order valence-corrected chi connectivity index (χ1v) is 7.19. The van der Waals surface area contributed by atoms with Crippen LogP contribution in [0.15, 0.2) is 48.5 Å². The summed E-state index contributed by atoms with van der Waals surface area (Å²) in [6, 6.07) is 16.0. The monoisotopic (exact) mass is 281 g/mol. The van der Waals surface area contributed by atoms with E-state index in [1.54, 1.807) is 7.11 Å². The molecule has 21 heavy (non-hydrogen) atoms. The van der Waals surface area contributed by atoms with Gasteiger partial charge < -0.3 is 9.64 Å². The van der Waals surface area contributed by atoms with E-state index in [2.05, 4.69) is 19.1 Å². The molecule has 0 saturated heterocycles. The third kappa shape index (κ3) is 2.57. The predicted molar refractivity (Wildman–Crippen MR) is 83.7 cm³/mol. The van der Waals surface area contributed by atoms with Crippen molar-refractivity contribution >= 4 is 11.6 Å². The van der Waals surface area contributed by atoms with E-state index >= 15 is 0 Å². The topological polar surface area (TPSA) is 29.5 Å². The van der Waals surface area contributed by atoms with E-state index in [0.29, 0.717) is 19.1 Å². The quantitative estimate of drug-likeness (QED) is 0.857. The van der Waals surface area contributed by atoms with Crippen LogP contribution in [-0.4, -0.2) is 19.6 Å². The van der Waals surface area contributed by atoms with Crippen molar-refractivity contribution in [2.24, 2.45) is 0 Å². The molecular weight excluding hydrogens is 262 g/mol. The molecular formula is C18H19NO2. The van der Waals surface area contributed by atoms with Crippen molar-refractivity contribution in [2.45, 2.75) is 19.4 Å². The van der Waals surface area contributed by atoms with Gasteiger partial charge in [-0.3, -0.25) is 4.79 Å². The number of hydrogen-bond donors (Lipinski definition) is 0. The normalized spacial score (nSPS) is 15.1. The fourth-order valence-corrected chi connectivity index (χ4v) is 2.79. The van der Waals surface area contributed by atoms with Gasteiger partial charge in [-0.15, -0.1) is 0 Å². The first-order chi connectivity index (χ1) is 10.2.